The smallest absolute Gasteiger partial charge is 0.161 e. The minimum absolute atomic E-state index is 0.212. The number of aliphatic imine (C=N–C) groups is 1. The van der Waals surface area contributed by atoms with Gasteiger partial charge >= 0.3 is 0 Å². The van der Waals surface area contributed by atoms with E-state index in [2.05, 4.69) is 55.5 Å². The first-order valence-corrected chi connectivity index (χ1v) is 8.82. The summed E-state index contributed by atoms with van der Waals surface area (Å²) in [7, 11) is 4.14. The van der Waals surface area contributed by atoms with Crippen LogP contribution in [0.25, 0.3) is 0 Å². The number of nitrogens with zero attached hydrogens (tertiary/aromatic N) is 2. The largest absolute Gasteiger partial charge is 0.378 e. The Kier molecular flexibility index (Phi) is 4.16. The molecule has 1 saturated carbocycles. The van der Waals surface area contributed by atoms with Crippen LogP contribution < -0.4 is 10.2 Å². The summed E-state index contributed by atoms with van der Waals surface area (Å²) in [6, 6.07) is 8.51. The molecule has 2 atom stereocenters. The molecule has 21 heavy (non-hydrogen) atoms. The first-order valence-electron chi connectivity index (χ1n) is 7.83. The lowest BCUT2D eigenvalue weighted by Gasteiger charge is -2.33. The molecule has 2 aliphatic rings. The van der Waals surface area contributed by atoms with Crippen LogP contribution in [-0.2, 0) is 0 Å². The van der Waals surface area contributed by atoms with Crippen LogP contribution in [0.1, 0.15) is 32.6 Å². The van der Waals surface area contributed by atoms with Gasteiger partial charge in [0.25, 0.3) is 0 Å². The topological polar surface area (TPSA) is 27.6 Å². The standard InChI is InChI=1S/C17H25N3S/c1-13-6-5-9-17(11-13)12-21-16(19-17)18-14-7-4-8-15(10-14)20(2)3/h4,7-8,10,13H,5-6,9,11-12H2,1-3H3,(H,18,19). The van der Waals surface area contributed by atoms with Gasteiger partial charge in [0.2, 0.25) is 0 Å². The fourth-order valence-corrected chi connectivity index (χ4v) is 4.58. The Hall–Kier alpha value is -1.16. The fraction of sp³-hybridized carbons (Fsp3) is 0.588. The SMILES string of the molecule is CC1CCCC2(CSC(Nc3cccc(N(C)C)c3)=N2)C1. The van der Waals surface area contributed by atoms with E-state index in [-0.39, 0.29) is 5.54 Å². The lowest BCUT2D eigenvalue weighted by atomic mass is 9.78. The predicted molar refractivity (Wildman–Crippen MR) is 94.6 cm³/mol. The van der Waals surface area contributed by atoms with Gasteiger partial charge in [0.1, 0.15) is 0 Å². The van der Waals surface area contributed by atoms with Crippen molar-refractivity contribution in [3.8, 4) is 0 Å². The third-order valence-electron chi connectivity index (χ3n) is 4.50. The van der Waals surface area contributed by atoms with Crippen molar-refractivity contribution in [3.05, 3.63) is 24.3 Å². The number of rotatable bonds is 2. The Balaban J connectivity index is 1.72. The van der Waals surface area contributed by atoms with Gasteiger partial charge in [-0.1, -0.05) is 37.6 Å². The molecule has 0 saturated heterocycles. The Labute approximate surface area is 132 Å². The molecule has 114 valence electrons. The van der Waals surface area contributed by atoms with Gasteiger partial charge < -0.3 is 10.2 Å². The molecule has 4 heteroatoms. The fourth-order valence-electron chi connectivity index (χ4n) is 3.40. The Bertz CT molecular complexity index is 541. The number of hydrogen-bond donors (Lipinski definition) is 1. The molecule has 3 rings (SSSR count). The van der Waals surface area contributed by atoms with Gasteiger partial charge in [0.15, 0.2) is 5.17 Å². The molecule has 2 unspecified atom stereocenters. The number of hydrogen-bond acceptors (Lipinski definition) is 4. The molecule has 3 nitrogen and oxygen atoms in total. The Morgan fingerprint density at radius 1 is 1.38 bits per heavy atom. The Morgan fingerprint density at radius 2 is 2.24 bits per heavy atom. The summed E-state index contributed by atoms with van der Waals surface area (Å²) in [6.45, 7) is 2.37. The van der Waals surface area contributed by atoms with E-state index in [1.165, 1.54) is 31.4 Å². The number of anilines is 2. The van der Waals surface area contributed by atoms with Crippen LogP contribution in [0.2, 0.25) is 0 Å². The maximum Gasteiger partial charge on any atom is 0.161 e. The summed E-state index contributed by atoms with van der Waals surface area (Å²) in [5.41, 5.74) is 2.56. The minimum atomic E-state index is 0.212. The van der Waals surface area contributed by atoms with Crippen LogP contribution in [0.4, 0.5) is 11.4 Å². The van der Waals surface area contributed by atoms with E-state index in [0.29, 0.717) is 0 Å². The van der Waals surface area contributed by atoms with Crippen molar-refractivity contribution < 1.29 is 0 Å². The molecule has 1 heterocycles. The lowest BCUT2D eigenvalue weighted by Crippen LogP contribution is -2.33. The van der Waals surface area contributed by atoms with Crippen molar-refractivity contribution in [1.29, 1.82) is 0 Å². The van der Waals surface area contributed by atoms with Crippen LogP contribution in [0, 0.1) is 5.92 Å². The average molecular weight is 303 g/mol. The van der Waals surface area contributed by atoms with Crippen LogP contribution in [0.3, 0.4) is 0 Å². The van der Waals surface area contributed by atoms with Crippen molar-refractivity contribution in [2.24, 2.45) is 10.9 Å². The van der Waals surface area contributed by atoms with Gasteiger partial charge in [0.05, 0.1) is 5.54 Å². The highest BCUT2D eigenvalue weighted by Crippen LogP contribution is 2.42. The van der Waals surface area contributed by atoms with Gasteiger partial charge in [-0.05, 0) is 37.0 Å². The van der Waals surface area contributed by atoms with Crippen molar-refractivity contribution in [1.82, 2.24) is 0 Å². The minimum Gasteiger partial charge on any atom is -0.378 e. The first-order chi connectivity index (χ1) is 10.1. The predicted octanol–water partition coefficient (Wildman–Crippen LogP) is 4.22. The van der Waals surface area contributed by atoms with E-state index in [9.17, 15) is 0 Å². The quantitative estimate of drug-likeness (QED) is 0.886. The summed E-state index contributed by atoms with van der Waals surface area (Å²) in [5.74, 6) is 1.96. The summed E-state index contributed by atoms with van der Waals surface area (Å²) in [5, 5.41) is 4.61. The summed E-state index contributed by atoms with van der Waals surface area (Å²) in [4.78, 5) is 7.18. The zero-order chi connectivity index (χ0) is 14.9. The third-order valence-corrected chi connectivity index (χ3v) is 5.65. The maximum atomic E-state index is 5.05. The molecule has 1 spiro atoms. The molecule has 0 amide bonds. The molecular formula is C17H25N3S. The zero-order valence-electron chi connectivity index (χ0n) is 13.2. The van der Waals surface area contributed by atoms with Crippen LogP contribution in [0.15, 0.2) is 29.3 Å². The molecule has 1 aromatic carbocycles. The molecule has 1 N–H and O–H groups in total. The second-order valence-electron chi connectivity index (χ2n) is 6.70. The van der Waals surface area contributed by atoms with Crippen LogP contribution in [0.5, 0.6) is 0 Å². The summed E-state index contributed by atoms with van der Waals surface area (Å²) in [6.07, 6.45) is 5.21. The van der Waals surface area contributed by atoms with Crippen molar-refractivity contribution in [3.63, 3.8) is 0 Å². The third kappa shape index (κ3) is 3.37. The maximum absolute atomic E-state index is 5.05. The van der Waals surface area contributed by atoms with Gasteiger partial charge in [-0.25, -0.2) is 0 Å². The highest BCUT2D eigenvalue weighted by atomic mass is 32.2. The van der Waals surface area contributed by atoms with E-state index in [0.717, 1.165) is 22.5 Å². The zero-order valence-corrected chi connectivity index (χ0v) is 14.0. The van der Waals surface area contributed by atoms with E-state index >= 15 is 0 Å². The van der Waals surface area contributed by atoms with Crippen LogP contribution >= 0.6 is 11.8 Å². The van der Waals surface area contributed by atoms with Crippen molar-refractivity contribution in [2.45, 2.75) is 38.1 Å². The molecule has 1 fully saturated rings. The lowest BCUT2D eigenvalue weighted by molar-refractivity contribution is 0.266. The monoisotopic (exact) mass is 303 g/mol. The molecule has 1 aliphatic carbocycles. The number of thioether (sulfide) groups is 1. The number of nitrogens with one attached hydrogen (secondary N) is 1. The molecule has 0 radical (unpaired) electrons. The van der Waals surface area contributed by atoms with E-state index < -0.39 is 0 Å². The van der Waals surface area contributed by atoms with Gasteiger partial charge in [0, 0.05) is 31.2 Å². The highest BCUT2D eigenvalue weighted by molar-refractivity contribution is 8.14. The second kappa shape index (κ2) is 5.91. The molecule has 0 aromatic heterocycles. The number of amidine groups is 1. The molecule has 1 aliphatic heterocycles. The van der Waals surface area contributed by atoms with E-state index in [4.69, 9.17) is 4.99 Å². The van der Waals surface area contributed by atoms with E-state index in [1.807, 2.05) is 11.8 Å². The number of benzene rings is 1. The van der Waals surface area contributed by atoms with Crippen molar-refractivity contribution in [2.75, 3.05) is 30.1 Å². The highest BCUT2D eigenvalue weighted by Gasteiger charge is 2.39. The van der Waals surface area contributed by atoms with Gasteiger partial charge in [-0.2, -0.15) is 0 Å². The molecule has 0 bridgehead atoms. The second-order valence-corrected chi connectivity index (χ2v) is 7.67. The summed E-state index contributed by atoms with van der Waals surface area (Å²) >= 11 is 1.88. The van der Waals surface area contributed by atoms with Gasteiger partial charge in [-0.15, -0.1) is 0 Å². The first kappa shape index (κ1) is 14.8. The van der Waals surface area contributed by atoms with Crippen LogP contribution in [-0.4, -0.2) is 30.6 Å². The van der Waals surface area contributed by atoms with E-state index in [1.54, 1.807) is 0 Å². The molecule has 1 aromatic rings. The summed E-state index contributed by atoms with van der Waals surface area (Å²) < 4.78 is 0. The molecular weight excluding hydrogens is 278 g/mol. The van der Waals surface area contributed by atoms with Gasteiger partial charge in [-0.3, -0.25) is 4.99 Å². The Morgan fingerprint density at radius 3 is 3.00 bits per heavy atom. The normalized spacial score (nSPS) is 28.5. The average Bonchev–Trinajstić information content (AvgIpc) is 2.81. The van der Waals surface area contributed by atoms with Crippen molar-refractivity contribution >= 4 is 28.3 Å².